The lowest BCUT2D eigenvalue weighted by atomic mass is 9.65. The Hall–Kier alpha value is -3.30. The Balaban J connectivity index is 1.19. The van der Waals surface area contributed by atoms with Gasteiger partial charge in [-0.1, -0.05) is 119 Å². The molecule has 50 heavy (non-hydrogen) atoms. The highest BCUT2D eigenvalue weighted by atomic mass is 16.5. The average Bonchev–Trinajstić information content (AvgIpc) is 3.15. The van der Waals surface area contributed by atoms with Crippen molar-refractivity contribution in [1.82, 2.24) is 10.3 Å². The van der Waals surface area contributed by atoms with E-state index in [0.29, 0.717) is 58.0 Å². The van der Waals surface area contributed by atoms with E-state index in [9.17, 15) is 4.79 Å². The molecule has 1 aromatic heterocycles. The SMILES string of the molecule is Cc1c(COc2ccc(C(NCCOCCOCCOCCC(N)=O)C(C3CCCCC3)C3CCCCC3)cn2)cccc1-c1ccccc1. The molecule has 2 aromatic carbocycles. The third-order valence-corrected chi connectivity index (χ3v) is 10.6. The van der Waals surface area contributed by atoms with Gasteiger partial charge in [0.15, 0.2) is 0 Å². The van der Waals surface area contributed by atoms with E-state index in [1.807, 2.05) is 0 Å². The summed E-state index contributed by atoms with van der Waals surface area (Å²) in [5.74, 6) is 2.36. The number of nitrogens with zero attached hydrogens (tertiary/aromatic N) is 1. The molecule has 3 aromatic rings. The van der Waals surface area contributed by atoms with E-state index in [1.165, 1.54) is 92.0 Å². The van der Waals surface area contributed by atoms with Gasteiger partial charge in [0, 0.05) is 31.3 Å². The molecule has 0 aliphatic heterocycles. The molecule has 1 heterocycles. The average molecular weight is 686 g/mol. The van der Waals surface area contributed by atoms with Crippen LogP contribution >= 0.6 is 0 Å². The first-order chi connectivity index (χ1) is 24.6. The highest BCUT2D eigenvalue weighted by Gasteiger charge is 2.37. The summed E-state index contributed by atoms with van der Waals surface area (Å²) in [7, 11) is 0. The number of nitrogens with two attached hydrogens (primary N) is 1. The number of amides is 1. The maximum atomic E-state index is 10.8. The molecule has 2 aliphatic carbocycles. The summed E-state index contributed by atoms with van der Waals surface area (Å²) in [6.45, 7) is 6.33. The van der Waals surface area contributed by atoms with Gasteiger partial charge in [-0.3, -0.25) is 4.79 Å². The first-order valence-corrected chi connectivity index (χ1v) is 19.1. The van der Waals surface area contributed by atoms with Crippen LogP contribution in [0.1, 0.15) is 93.4 Å². The van der Waals surface area contributed by atoms with Gasteiger partial charge in [-0.2, -0.15) is 0 Å². The van der Waals surface area contributed by atoms with Crippen LogP contribution in [-0.2, 0) is 25.6 Å². The Morgan fingerprint density at radius 1 is 0.780 bits per heavy atom. The Bertz CT molecular complexity index is 1370. The molecule has 0 bridgehead atoms. The van der Waals surface area contributed by atoms with Gasteiger partial charge in [-0.15, -0.1) is 0 Å². The molecule has 0 radical (unpaired) electrons. The molecule has 2 fully saturated rings. The normalized spacial score (nSPS) is 16.4. The largest absolute Gasteiger partial charge is 0.473 e. The number of carbonyl (C=O) groups excluding carboxylic acids is 1. The van der Waals surface area contributed by atoms with Crippen LogP contribution in [-0.4, -0.2) is 57.1 Å². The summed E-state index contributed by atoms with van der Waals surface area (Å²) in [5, 5.41) is 3.97. The van der Waals surface area contributed by atoms with Crippen molar-refractivity contribution >= 4 is 5.91 Å². The van der Waals surface area contributed by atoms with Crippen molar-refractivity contribution in [2.24, 2.45) is 23.5 Å². The Morgan fingerprint density at radius 3 is 2.04 bits per heavy atom. The van der Waals surface area contributed by atoms with E-state index in [4.69, 9.17) is 29.7 Å². The van der Waals surface area contributed by atoms with E-state index in [0.717, 1.165) is 18.4 Å². The highest BCUT2D eigenvalue weighted by molar-refractivity contribution is 5.73. The zero-order valence-corrected chi connectivity index (χ0v) is 30.2. The second-order valence-corrected chi connectivity index (χ2v) is 14.0. The molecular formula is C42H59N3O5. The number of ether oxygens (including phenoxy) is 4. The number of aromatic nitrogens is 1. The van der Waals surface area contributed by atoms with Gasteiger partial charge in [0.25, 0.3) is 0 Å². The quantitative estimate of drug-likeness (QED) is 0.110. The predicted molar refractivity (Wildman–Crippen MR) is 199 cm³/mol. The number of hydrogen-bond donors (Lipinski definition) is 2. The monoisotopic (exact) mass is 685 g/mol. The lowest BCUT2D eigenvalue weighted by molar-refractivity contribution is -0.119. The lowest BCUT2D eigenvalue weighted by Gasteiger charge is -2.43. The number of pyridine rings is 1. The van der Waals surface area contributed by atoms with Crippen LogP contribution < -0.4 is 15.8 Å². The summed E-state index contributed by atoms with van der Waals surface area (Å²) in [6.07, 6.45) is 15.7. The van der Waals surface area contributed by atoms with E-state index in [-0.39, 0.29) is 18.4 Å². The van der Waals surface area contributed by atoms with Crippen molar-refractivity contribution in [3.8, 4) is 17.0 Å². The molecule has 1 unspecified atom stereocenters. The summed E-state index contributed by atoms with van der Waals surface area (Å²) < 4.78 is 23.2. The number of carbonyl (C=O) groups is 1. The second kappa shape index (κ2) is 21.2. The minimum absolute atomic E-state index is 0.227. The van der Waals surface area contributed by atoms with Crippen LogP contribution in [0.4, 0.5) is 0 Å². The summed E-state index contributed by atoms with van der Waals surface area (Å²) in [4.78, 5) is 15.7. The number of hydrogen-bond acceptors (Lipinski definition) is 7. The van der Waals surface area contributed by atoms with Gasteiger partial charge in [-0.25, -0.2) is 4.98 Å². The first-order valence-electron chi connectivity index (χ1n) is 19.1. The third kappa shape index (κ3) is 11.9. The van der Waals surface area contributed by atoms with Gasteiger partial charge >= 0.3 is 0 Å². The van der Waals surface area contributed by atoms with E-state index in [1.54, 1.807) is 0 Å². The third-order valence-electron chi connectivity index (χ3n) is 10.6. The molecule has 0 spiro atoms. The summed E-state index contributed by atoms with van der Waals surface area (Å²) >= 11 is 0. The molecule has 1 atom stereocenters. The second-order valence-electron chi connectivity index (χ2n) is 14.0. The number of nitrogens with one attached hydrogen (secondary N) is 1. The van der Waals surface area contributed by atoms with E-state index in [2.05, 4.69) is 79.1 Å². The van der Waals surface area contributed by atoms with Gasteiger partial charge < -0.3 is 30.0 Å². The highest BCUT2D eigenvalue weighted by Crippen LogP contribution is 2.46. The van der Waals surface area contributed by atoms with E-state index >= 15 is 0 Å². The molecule has 0 saturated heterocycles. The van der Waals surface area contributed by atoms with Crippen LogP contribution in [0.2, 0.25) is 0 Å². The Kier molecular flexibility index (Phi) is 16.1. The fraction of sp³-hybridized carbons (Fsp3) is 0.571. The molecule has 8 nitrogen and oxygen atoms in total. The Morgan fingerprint density at radius 2 is 1.42 bits per heavy atom. The number of rotatable bonds is 21. The molecule has 272 valence electrons. The van der Waals surface area contributed by atoms with Gasteiger partial charge in [-0.05, 0) is 52.5 Å². The van der Waals surface area contributed by atoms with Gasteiger partial charge in [0.2, 0.25) is 11.8 Å². The minimum atomic E-state index is -0.354. The fourth-order valence-corrected chi connectivity index (χ4v) is 8.03. The van der Waals surface area contributed by atoms with E-state index < -0.39 is 0 Å². The maximum absolute atomic E-state index is 10.8. The van der Waals surface area contributed by atoms with Crippen molar-refractivity contribution in [3.05, 3.63) is 83.6 Å². The Labute approximate surface area is 299 Å². The van der Waals surface area contributed by atoms with Crippen LogP contribution in [0.5, 0.6) is 5.88 Å². The first kappa shape index (κ1) is 37.9. The van der Waals surface area contributed by atoms with Crippen molar-refractivity contribution < 1.29 is 23.7 Å². The molecule has 5 rings (SSSR count). The summed E-state index contributed by atoms with van der Waals surface area (Å²) in [6, 6.07) is 21.5. The van der Waals surface area contributed by atoms with Crippen LogP contribution in [0.15, 0.2) is 66.9 Å². The maximum Gasteiger partial charge on any atom is 0.219 e. The predicted octanol–water partition coefficient (Wildman–Crippen LogP) is 7.97. The molecule has 2 saturated carbocycles. The van der Waals surface area contributed by atoms with Crippen molar-refractivity contribution in [2.45, 2.75) is 90.2 Å². The van der Waals surface area contributed by atoms with Crippen molar-refractivity contribution in [2.75, 3.05) is 46.2 Å². The molecule has 3 N–H and O–H groups in total. The van der Waals surface area contributed by atoms with Crippen LogP contribution in [0.3, 0.4) is 0 Å². The van der Waals surface area contributed by atoms with Gasteiger partial charge in [0.05, 0.1) is 39.6 Å². The molecule has 2 aliphatic rings. The van der Waals surface area contributed by atoms with Crippen molar-refractivity contribution in [1.29, 1.82) is 0 Å². The zero-order chi connectivity index (χ0) is 34.8. The van der Waals surface area contributed by atoms with Crippen LogP contribution in [0, 0.1) is 24.7 Å². The molecular weight excluding hydrogens is 626 g/mol. The number of benzene rings is 2. The van der Waals surface area contributed by atoms with Gasteiger partial charge in [0.1, 0.15) is 6.61 Å². The minimum Gasteiger partial charge on any atom is -0.473 e. The number of primary amides is 1. The zero-order valence-electron chi connectivity index (χ0n) is 30.2. The smallest absolute Gasteiger partial charge is 0.219 e. The topological polar surface area (TPSA) is 105 Å². The standard InChI is InChI=1S/C42H59N3O5/c1-32-37(18-11-19-38(32)33-12-5-2-6-13-33)31-50-40-21-20-36(30-45-40)42(41(34-14-7-3-8-15-34)35-16-9-4-10-17-35)44-23-25-48-27-29-49-28-26-47-24-22-39(43)46/h2,5-6,11-13,18-21,30,34-35,41-42,44H,3-4,7-10,14-17,22-29,31H2,1H3,(H2,43,46). The fourth-order valence-electron chi connectivity index (χ4n) is 8.03. The van der Waals surface area contributed by atoms with Crippen molar-refractivity contribution in [3.63, 3.8) is 0 Å². The van der Waals surface area contributed by atoms with Crippen LogP contribution in [0.25, 0.3) is 11.1 Å². The lowest BCUT2D eigenvalue weighted by Crippen LogP contribution is -2.40. The summed E-state index contributed by atoms with van der Waals surface area (Å²) in [5.41, 5.74) is 11.3. The molecule has 1 amide bonds. The molecule has 8 heteroatoms.